The topological polar surface area (TPSA) is 146 Å². The van der Waals surface area contributed by atoms with Gasteiger partial charge in [0, 0.05) is 7.05 Å². The number of anilines is 3. The van der Waals surface area contributed by atoms with Crippen molar-refractivity contribution in [1.82, 2.24) is 13.6 Å². The predicted molar refractivity (Wildman–Crippen MR) is 134 cm³/mol. The van der Waals surface area contributed by atoms with E-state index in [9.17, 15) is 14.7 Å². The summed E-state index contributed by atoms with van der Waals surface area (Å²) in [5, 5.41) is 26.2. The summed E-state index contributed by atoms with van der Waals surface area (Å²) >= 11 is 0.990. The van der Waals surface area contributed by atoms with Gasteiger partial charge in [0.2, 0.25) is 6.79 Å². The molecular formula is C24H27N5O6S. The molecule has 0 fully saturated rings. The molecule has 0 radical (unpaired) electrons. The van der Waals surface area contributed by atoms with Crippen LogP contribution in [0.4, 0.5) is 17.3 Å². The highest BCUT2D eigenvalue weighted by atomic mass is 32.1. The molecule has 3 aromatic rings. The van der Waals surface area contributed by atoms with E-state index < -0.39 is 18.4 Å². The van der Waals surface area contributed by atoms with Gasteiger partial charge in [0.05, 0.1) is 29.0 Å². The molecule has 1 atom stereocenters. The number of rotatable bonds is 8. The molecule has 1 amide bonds. The van der Waals surface area contributed by atoms with Gasteiger partial charge in [-0.15, -0.1) is 0 Å². The van der Waals surface area contributed by atoms with Crippen LogP contribution in [-0.4, -0.2) is 56.1 Å². The number of hydrogen-bond donors (Lipinski definition) is 4. The highest BCUT2D eigenvalue weighted by Gasteiger charge is 2.30. The number of likely N-dealkylation sites (N-methyl/N-ethyl adjacent to an activating group) is 1. The summed E-state index contributed by atoms with van der Waals surface area (Å²) in [5.41, 5.74) is 0.949. The Kier molecular flexibility index (Phi) is 6.88. The van der Waals surface area contributed by atoms with E-state index in [0.29, 0.717) is 23.1 Å². The lowest BCUT2D eigenvalue weighted by atomic mass is 9.82. The molecule has 2 heterocycles. The Hall–Kier alpha value is -4.06. The Balaban J connectivity index is 1.59. The van der Waals surface area contributed by atoms with Crippen molar-refractivity contribution in [3.63, 3.8) is 0 Å². The largest absolute Gasteiger partial charge is 0.505 e. The lowest BCUT2D eigenvalue weighted by Crippen LogP contribution is -2.32. The predicted octanol–water partition coefficient (Wildman–Crippen LogP) is 4.07. The maximum absolute atomic E-state index is 12.6. The van der Waals surface area contributed by atoms with Gasteiger partial charge in [-0.05, 0) is 35.2 Å². The van der Waals surface area contributed by atoms with E-state index in [-0.39, 0.29) is 35.3 Å². The number of aromatic nitrogens is 2. The first-order valence-electron chi connectivity index (χ1n) is 11.1. The van der Waals surface area contributed by atoms with Gasteiger partial charge in [0.1, 0.15) is 6.54 Å². The van der Waals surface area contributed by atoms with Gasteiger partial charge in [0.25, 0.3) is 5.91 Å². The minimum atomic E-state index is -1.15. The minimum Gasteiger partial charge on any atom is -0.505 e. The summed E-state index contributed by atoms with van der Waals surface area (Å²) in [6, 6.07) is 10.2. The highest BCUT2D eigenvalue weighted by Crippen LogP contribution is 2.42. The molecular weight excluding hydrogens is 486 g/mol. The van der Waals surface area contributed by atoms with E-state index in [1.807, 2.05) is 18.2 Å². The second-order valence-corrected chi connectivity index (χ2v) is 9.93. The summed E-state index contributed by atoms with van der Waals surface area (Å²) in [4.78, 5) is 24.6. The van der Waals surface area contributed by atoms with Crippen LogP contribution in [0.3, 0.4) is 0 Å². The normalized spacial score (nSPS) is 13.2. The van der Waals surface area contributed by atoms with Crippen molar-refractivity contribution >= 4 is 40.9 Å². The Labute approximate surface area is 212 Å². The van der Waals surface area contributed by atoms with Crippen molar-refractivity contribution in [3.8, 4) is 17.2 Å². The summed E-state index contributed by atoms with van der Waals surface area (Å²) in [6.45, 7) is 5.98. The molecule has 11 nitrogen and oxygen atoms in total. The first-order valence-corrected chi connectivity index (χ1v) is 11.8. The van der Waals surface area contributed by atoms with Gasteiger partial charge < -0.3 is 35.2 Å². The van der Waals surface area contributed by atoms with Gasteiger partial charge in [-0.25, -0.2) is 0 Å². The maximum atomic E-state index is 12.6. The van der Waals surface area contributed by atoms with Crippen molar-refractivity contribution in [2.75, 3.05) is 31.0 Å². The molecule has 0 bridgehead atoms. The molecule has 0 saturated carbocycles. The lowest BCUT2D eigenvalue weighted by Gasteiger charge is -2.32. The molecule has 0 spiro atoms. The number of ether oxygens (including phenoxy) is 2. The van der Waals surface area contributed by atoms with Crippen LogP contribution in [0.15, 0.2) is 36.4 Å². The van der Waals surface area contributed by atoms with Crippen LogP contribution in [0.5, 0.6) is 17.2 Å². The fraction of sp³-hybridized carbons (Fsp3) is 0.333. The van der Waals surface area contributed by atoms with E-state index >= 15 is 0 Å². The zero-order chi connectivity index (χ0) is 26.0. The average Bonchev–Trinajstić information content (AvgIpc) is 3.45. The number of aromatic hydroxyl groups is 1. The molecule has 36 heavy (non-hydrogen) atoms. The van der Waals surface area contributed by atoms with E-state index in [0.717, 1.165) is 22.2 Å². The van der Waals surface area contributed by atoms with Crippen LogP contribution < -0.4 is 20.1 Å². The molecule has 1 aliphatic heterocycles. The number of nitrogens with zero attached hydrogens (tertiary/aromatic N) is 3. The van der Waals surface area contributed by atoms with Gasteiger partial charge in [-0.2, -0.15) is 8.75 Å². The number of phenolic OH excluding ortho intramolecular Hbond substituents is 1. The number of phenols is 1. The Morgan fingerprint density at radius 2 is 1.86 bits per heavy atom. The molecule has 0 aliphatic carbocycles. The highest BCUT2D eigenvalue weighted by molar-refractivity contribution is 6.99. The fourth-order valence-electron chi connectivity index (χ4n) is 3.82. The van der Waals surface area contributed by atoms with Crippen molar-refractivity contribution in [1.29, 1.82) is 0 Å². The van der Waals surface area contributed by atoms with E-state index in [1.165, 1.54) is 13.1 Å². The number of carboxylic acids is 1. The second kappa shape index (κ2) is 9.90. The number of carboxylic acid groups (broad SMARTS) is 1. The molecule has 12 heteroatoms. The zero-order valence-corrected chi connectivity index (χ0v) is 21.0. The summed E-state index contributed by atoms with van der Waals surface area (Å²) in [6.07, 6.45) is 0. The number of nitrogens with one attached hydrogen (secondary N) is 2. The van der Waals surface area contributed by atoms with Gasteiger partial charge in [0.15, 0.2) is 28.9 Å². The van der Waals surface area contributed by atoms with Crippen LogP contribution in [-0.2, 0) is 4.79 Å². The third kappa shape index (κ3) is 5.28. The molecule has 1 aliphatic rings. The quantitative estimate of drug-likeness (QED) is 0.325. The number of benzene rings is 2. The zero-order valence-electron chi connectivity index (χ0n) is 20.2. The van der Waals surface area contributed by atoms with E-state index in [2.05, 4.69) is 40.2 Å². The molecule has 4 N–H and O–H groups in total. The van der Waals surface area contributed by atoms with Crippen molar-refractivity contribution in [2.45, 2.75) is 26.8 Å². The van der Waals surface area contributed by atoms with Crippen LogP contribution in [0.1, 0.15) is 42.7 Å². The van der Waals surface area contributed by atoms with Crippen molar-refractivity contribution < 1.29 is 29.3 Å². The third-order valence-electron chi connectivity index (χ3n) is 5.60. The molecule has 1 aromatic heterocycles. The molecule has 1 unspecified atom stereocenters. The van der Waals surface area contributed by atoms with E-state index in [4.69, 9.17) is 14.6 Å². The van der Waals surface area contributed by atoms with Crippen LogP contribution >= 0.6 is 11.7 Å². The standard InChI is InChI=1S/C24H27N5O6S/c1-24(2,3)20(13-8-9-16-17(10-13)35-12-34-16)26-22-21(27-36-28-22)25-15-7-5-6-14(19(15)32)23(33)29(4)11-18(30)31/h5-10,20,32H,11-12H2,1-4H3,(H,25,27)(H,26,28)(H,30,31). The molecule has 190 valence electrons. The number of para-hydroxylation sites is 1. The van der Waals surface area contributed by atoms with Crippen LogP contribution in [0.2, 0.25) is 0 Å². The first kappa shape index (κ1) is 25.0. The summed E-state index contributed by atoms with van der Waals surface area (Å²) < 4.78 is 19.7. The Morgan fingerprint density at radius 3 is 2.58 bits per heavy atom. The Bertz CT molecular complexity index is 1290. The molecule has 2 aromatic carbocycles. The maximum Gasteiger partial charge on any atom is 0.323 e. The summed E-state index contributed by atoms with van der Waals surface area (Å²) in [5.74, 6) is 0.122. The number of aliphatic carboxylic acids is 1. The fourth-order valence-corrected chi connectivity index (χ4v) is 4.29. The van der Waals surface area contributed by atoms with Crippen LogP contribution in [0, 0.1) is 5.41 Å². The SMILES string of the molecule is CN(CC(=O)O)C(=O)c1cccc(Nc2nsnc2NC(c2ccc3c(c2)OCO3)C(C)(C)C)c1O. The number of carbonyl (C=O) groups excluding carboxylic acids is 1. The first-order chi connectivity index (χ1) is 17.0. The Morgan fingerprint density at radius 1 is 1.14 bits per heavy atom. The molecule has 4 rings (SSSR count). The van der Waals surface area contributed by atoms with E-state index in [1.54, 1.807) is 12.1 Å². The monoisotopic (exact) mass is 513 g/mol. The molecule has 0 saturated heterocycles. The number of carbonyl (C=O) groups is 2. The smallest absolute Gasteiger partial charge is 0.323 e. The van der Waals surface area contributed by atoms with Gasteiger partial charge in [-0.1, -0.05) is 32.9 Å². The number of fused-ring (bicyclic) bond motifs is 1. The van der Waals surface area contributed by atoms with Gasteiger partial charge >= 0.3 is 5.97 Å². The minimum absolute atomic E-state index is 0.0330. The summed E-state index contributed by atoms with van der Waals surface area (Å²) in [7, 11) is 1.35. The number of hydrogen-bond acceptors (Lipinski definition) is 10. The lowest BCUT2D eigenvalue weighted by molar-refractivity contribution is -0.137. The van der Waals surface area contributed by atoms with Gasteiger partial charge in [-0.3, -0.25) is 9.59 Å². The third-order valence-corrected chi connectivity index (χ3v) is 6.13. The van der Waals surface area contributed by atoms with Crippen molar-refractivity contribution in [2.24, 2.45) is 5.41 Å². The second-order valence-electron chi connectivity index (χ2n) is 9.40. The van der Waals surface area contributed by atoms with Crippen LogP contribution in [0.25, 0.3) is 0 Å². The van der Waals surface area contributed by atoms with Crippen molar-refractivity contribution in [3.05, 3.63) is 47.5 Å². The average molecular weight is 514 g/mol. The number of amides is 1.